The number of carboxylic acids is 1. The number of hydrogen-bond donors (Lipinski definition) is 1. The average molecular weight is 239 g/mol. The summed E-state index contributed by atoms with van der Waals surface area (Å²) in [6.45, 7) is 0.631. The van der Waals surface area contributed by atoms with Crippen molar-refractivity contribution in [1.29, 1.82) is 0 Å². The summed E-state index contributed by atoms with van der Waals surface area (Å²) in [5.74, 6) is -0.682. The highest BCUT2D eigenvalue weighted by molar-refractivity contribution is 5.86. The van der Waals surface area contributed by atoms with Gasteiger partial charge >= 0.3 is 5.97 Å². The summed E-state index contributed by atoms with van der Waals surface area (Å²) < 4.78 is 0. The molecule has 1 saturated heterocycles. The molecule has 1 heterocycles. The van der Waals surface area contributed by atoms with Gasteiger partial charge in [0.25, 0.3) is 0 Å². The lowest BCUT2D eigenvalue weighted by Gasteiger charge is -2.40. The minimum atomic E-state index is -0.851. The molecule has 0 radical (unpaired) electrons. The maximum absolute atomic E-state index is 12.2. The topological polar surface area (TPSA) is 57.6 Å². The van der Waals surface area contributed by atoms with Crippen LogP contribution in [0.15, 0.2) is 0 Å². The molecule has 96 valence electrons. The molecule has 4 heteroatoms. The Kier molecular flexibility index (Phi) is 4.02. The summed E-state index contributed by atoms with van der Waals surface area (Å²) >= 11 is 0. The van der Waals surface area contributed by atoms with Crippen LogP contribution in [0, 0.1) is 5.92 Å². The van der Waals surface area contributed by atoms with Gasteiger partial charge < -0.3 is 10.0 Å². The normalized spacial score (nSPS) is 26.8. The van der Waals surface area contributed by atoms with Gasteiger partial charge in [0, 0.05) is 12.5 Å². The third-order valence-corrected chi connectivity index (χ3v) is 4.04. The zero-order chi connectivity index (χ0) is 12.3. The molecule has 0 aromatic carbocycles. The number of nitrogens with zero attached hydrogens (tertiary/aromatic N) is 1. The molecule has 2 fully saturated rings. The van der Waals surface area contributed by atoms with E-state index in [0.717, 1.165) is 25.7 Å². The molecule has 2 aliphatic rings. The number of carbonyl (C=O) groups is 2. The van der Waals surface area contributed by atoms with Gasteiger partial charge in [0.1, 0.15) is 6.04 Å². The molecule has 1 saturated carbocycles. The van der Waals surface area contributed by atoms with E-state index in [-0.39, 0.29) is 11.8 Å². The smallest absolute Gasteiger partial charge is 0.326 e. The molecule has 0 aromatic heterocycles. The Bertz CT molecular complexity index is 295. The first-order valence-corrected chi connectivity index (χ1v) is 6.73. The molecule has 2 rings (SSSR count). The largest absolute Gasteiger partial charge is 0.480 e. The van der Waals surface area contributed by atoms with Crippen molar-refractivity contribution >= 4 is 11.9 Å². The number of amides is 1. The van der Waals surface area contributed by atoms with Crippen LogP contribution in [0.1, 0.15) is 51.4 Å². The van der Waals surface area contributed by atoms with E-state index in [4.69, 9.17) is 5.11 Å². The van der Waals surface area contributed by atoms with E-state index in [0.29, 0.717) is 13.0 Å². The molecule has 17 heavy (non-hydrogen) atoms. The molecule has 4 nitrogen and oxygen atoms in total. The Morgan fingerprint density at radius 1 is 0.941 bits per heavy atom. The SMILES string of the molecule is O=C(O)C1CCN1C(=O)C1CCCCCCC1. The quantitative estimate of drug-likeness (QED) is 0.802. The van der Waals surface area contributed by atoms with Gasteiger partial charge in [-0.05, 0) is 19.3 Å². The summed E-state index contributed by atoms with van der Waals surface area (Å²) in [4.78, 5) is 24.7. The van der Waals surface area contributed by atoms with E-state index in [9.17, 15) is 9.59 Å². The maximum atomic E-state index is 12.2. The van der Waals surface area contributed by atoms with E-state index in [1.807, 2.05) is 0 Å². The van der Waals surface area contributed by atoms with E-state index < -0.39 is 12.0 Å². The Balaban J connectivity index is 1.91. The van der Waals surface area contributed by atoms with Crippen molar-refractivity contribution < 1.29 is 14.7 Å². The van der Waals surface area contributed by atoms with Gasteiger partial charge in [-0.3, -0.25) is 4.79 Å². The predicted molar refractivity (Wildman–Crippen MR) is 63.6 cm³/mol. The van der Waals surface area contributed by atoms with Crippen LogP contribution in [-0.4, -0.2) is 34.5 Å². The van der Waals surface area contributed by atoms with Crippen molar-refractivity contribution in [2.45, 2.75) is 57.4 Å². The molecule has 0 spiro atoms. The lowest BCUT2D eigenvalue weighted by molar-refractivity contribution is -0.159. The molecule has 1 N–H and O–H groups in total. The first-order valence-electron chi connectivity index (χ1n) is 6.73. The van der Waals surface area contributed by atoms with Crippen LogP contribution in [0.2, 0.25) is 0 Å². The Morgan fingerprint density at radius 2 is 1.53 bits per heavy atom. The zero-order valence-electron chi connectivity index (χ0n) is 10.2. The average Bonchev–Trinajstić information content (AvgIpc) is 2.13. The highest BCUT2D eigenvalue weighted by Crippen LogP contribution is 2.28. The Hall–Kier alpha value is -1.06. The fourth-order valence-corrected chi connectivity index (χ4v) is 2.85. The number of carboxylic acid groups (broad SMARTS) is 1. The maximum Gasteiger partial charge on any atom is 0.326 e. The minimum Gasteiger partial charge on any atom is -0.480 e. The van der Waals surface area contributed by atoms with Crippen LogP contribution in [0.3, 0.4) is 0 Å². The van der Waals surface area contributed by atoms with E-state index in [1.165, 1.54) is 19.3 Å². The number of likely N-dealkylation sites (tertiary alicyclic amines) is 1. The predicted octanol–water partition coefficient (Wildman–Crippen LogP) is 2.03. The second-order valence-corrected chi connectivity index (χ2v) is 5.22. The lowest BCUT2D eigenvalue weighted by Crippen LogP contribution is -2.56. The number of hydrogen-bond acceptors (Lipinski definition) is 2. The van der Waals surface area contributed by atoms with Gasteiger partial charge in [-0.2, -0.15) is 0 Å². The lowest BCUT2D eigenvalue weighted by atomic mass is 9.88. The second kappa shape index (κ2) is 5.52. The van der Waals surface area contributed by atoms with Gasteiger partial charge in [-0.1, -0.05) is 32.1 Å². The van der Waals surface area contributed by atoms with Crippen molar-refractivity contribution in [2.24, 2.45) is 5.92 Å². The molecule has 1 atom stereocenters. The van der Waals surface area contributed by atoms with E-state index in [1.54, 1.807) is 4.90 Å². The number of carbonyl (C=O) groups excluding carboxylic acids is 1. The summed E-state index contributed by atoms with van der Waals surface area (Å²) in [6.07, 6.45) is 8.45. The van der Waals surface area contributed by atoms with Gasteiger partial charge in [0.05, 0.1) is 0 Å². The van der Waals surface area contributed by atoms with Gasteiger partial charge in [0.2, 0.25) is 5.91 Å². The molecule has 1 unspecified atom stereocenters. The third-order valence-electron chi connectivity index (χ3n) is 4.04. The van der Waals surface area contributed by atoms with Crippen LogP contribution in [0.25, 0.3) is 0 Å². The standard InChI is InChI=1S/C13H21NO3/c15-12(14-9-8-11(14)13(16)17)10-6-4-2-1-3-5-7-10/h10-11H,1-9H2,(H,16,17). The first-order chi connectivity index (χ1) is 8.20. The van der Waals surface area contributed by atoms with Crippen molar-refractivity contribution in [3.8, 4) is 0 Å². The minimum absolute atomic E-state index is 0.0810. The van der Waals surface area contributed by atoms with Gasteiger partial charge in [0.15, 0.2) is 0 Å². The summed E-state index contributed by atoms with van der Waals surface area (Å²) in [7, 11) is 0. The van der Waals surface area contributed by atoms with Crippen LogP contribution in [0.4, 0.5) is 0 Å². The molecule has 1 aliphatic carbocycles. The van der Waals surface area contributed by atoms with Crippen LogP contribution < -0.4 is 0 Å². The second-order valence-electron chi connectivity index (χ2n) is 5.22. The molecular weight excluding hydrogens is 218 g/mol. The van der Waals surface area contributed by atoms with Crippen LogP contribution in [0.5, 0.6) is 0 Å². The molecular formula is C13H21NO3. The van der Waals surface area contributed by atoms with E-state index in [2.05, 4.69) is 0 Å². The van der Waals surface area contributed by atoms with Crippen molar-refractivity contribution in [1.82, 2.24) is 4.90 Å². The number of aliphatic carboxylic acids is 1. The molecule has 1 amide bonds. The summed E-state index contributed by atoms with van der Waals surface area (Å²) in [6, 6.07) is -0.548. The fraction of sp³-hybridized carbons (Fsp3) is 0.846. The zero-order valence-corrected chi connectivity index (χ0v) is 10.2. The highest BCUT2D eigenvalue weighted by Gasteiger charge is 2.39. The molecule has 1 aliphatic heterocycles. The van der Waals surface area contributed by atoms with Crippen molar-refractivity contribution in [3.05, 3.63) is 0 Å². The van der Waals surface area contributed by atoms with Gasteiger partial charge in [-0.15, -0.1) is 0 Å². The van der Waals surface area contributed by atoms with Crippen molar-refractivity contribution in [2.75, 3.05) is 6.54 Å². The summed E-state index contributed by atoms with van der Waals surface area (Å²) in [5.41, 5.74) is 0. The van der Waals surface area contributed by atoms with E-state index >= 15 is 0 Å². The fourth-order valence-electron chi connectivity index (χ4n) is 2.85. The first kappa shape index (κ1) is 12.4. The third kappa shape index (κ3) is 2.79. The molecule has 0 aromatic rings. The Morgan fingerprint density at radius 3 is 2.00 bits per heavy atom. The van der Waals surface area contributed by atoms with Gasteiger partial charge in [-0.25, -0.2) is 4.79 Å². The van der Waals surface area contributed by atoms with Crippen LogP contribution >= 0.6 is 0 Å². The Labute approximate surface area is 102 Å². The summed E-state index contributed by atoms with van der Waals surface area (Å²) in [5, 5.41) is 8.96. The van der Waals surface area contributed by atoms with Crippen molar-refractivity contribution in [3.63, 3.8) is 0 Å². The van der Waals surface area contributed by atoms with Crippen LogP contribution in [-0.2, 0) is 9.59 Å². The molecule has 0 bridgehead atoms. The monoisotopic (exact) mass is 239 g/mol. The highest BCUT2D eigenvalue weighted by atomic mass is 16.4. The number of rotatable bonds is 2.